The molecular formula is C17H16N6O. The highest BCUT2D eigenvalue weighted by molar-refractivity contribution is 5.73. The van der Waals surface area contributed by atoms with Gasteiger partial charge in [-0.2, -0.15) is 4.98 Å². The number of hydrogen-bond donors (Lipinski definition) is 2. The highest BCUT2D eigenvalue weighted by Gasteiger charge is 2.16. The van der Waals surface area contributed by atoms with Crippen molar-refractivity contribution < 1.29 is 4.52 Å². The topological polar surface area (TPSA) is 107 Å². The van der Waals surface area contributed by atoms with E-state index in [-0.39, 0.29) is 6.04 Å². The lowest BCUT2D eigenvalue weighted by atomic mass is 10.1. The maximum absolute atomic E-state index is 6.18. The summed E-state index contributed by atoms with van der Waals surface area (Å²) in [6.45, 7) is 0. The molecule has 0 radical (unpaired) electrons. The molecule has 7 heteroatoms. The van der Waals surface area contributed by atoms with Crippen molar-refractivity contribution in [2.45, 2.75) is 18.9 Å². The van der Waals surface area contributed by atoms with Gasteiger partial charge in [0, 0.05) is 19.0 Å². The zero-order valence-electron chi connectivity index (χ0n) is 12.9. The van der Waals surface area contributed by atoms with Crippen LogP contribution in [0, 0.1) is 0 Å². The molecule has 3 N–H and O–H groups in total. The molecule has 4 rings (SSSR count). The summed E-state index contributed by atoms with van der Waals surface area (Å²) in [6, 6.07) is 11.2. The normalized spacial score (nSPS) is 12.5. The number of nitrogens with zero attached hydrogens (tertiary/aromatic N) is 4. The Morgan fingerprint density at radius 1 is 1.08 bits per heavy atom. The monoisotopic (exact) mass is 320 g/mol. The Morgan fingerprint density at radius 2 is 1.96 bits per heavy atom. The Hall–Kier alpha value is -3.06. The van der Waals surface area contributed by atoms with Gasteiger partial charge in [-0.15, -0.1) is 0 Å². The first kappa shape index (κ1) is 14.5. The molecule has 1 atom stereocenters. The molecule has 0 bridgehead atoms. The number of H-pyrrole nitrogens is 1. The molecule has 4 aromatic rings. The molecule has 0 aliphatic rings. The van der Waals surface area contributed by atoms with E-state index in [0.29, 0.717) is 24.6 Å². The smallest absolute Gasteiger partial charge is 0.227 e. The van der Waals surface area contributed by atoms with Crippen molar-refractivity contribution in [1.29, 1.82) is 0 Å². The molecule has 24 heavy (non-hydrogen) atoms. The lowest BCUT2D eigenvalue weighted by Gasteiger charge is -2.05. The second-order valence-corrected chi connectivity index (χ2v) is 5.51. The van der Waals surface area contributed by atoms with Gasteiger partial charge in [0.1, 0.15) is 5.82 Å². The molecule has 0 fully saturated rings. The van der Waals surface area contributed by atoms with Gasteiger partial charge in [-0.3, -0.25) is 4.98 Å². The minimum atomic E-state index is -0.388. The van der Waals surface area contributed by atoms with Crippen molar-refractivity contribution in [3.8, 4) is 0 Å². The average Bonchev–Trinajstić information content (AvgIpc) is 3.26. The summed E-state index contributed by atoms with van der Waals surface area (Å²) in [6.07, 6.45) is 4.76. The molecule has 0 aliphatic carbocycles. The second kappa shape index (κ2) is 6.21. The van der Waals surface area contributed by atoms with Crippen molar-refractivity contribution in [1.82, 2.24) is 25.1 Å². The molecule has 3 heterocycles. The Kier molecular flexibility index (Phi) is 3.76. The Bertz CT molecular complexity index is 913. The highest BCUT2D eigenvalue weighted by atomic mass is 16.5. The molecule has 0 aliphatic heterocycles. The molecule has 1 aromatic carbocycles. The molecule has 7 nitrogen and oxygen atoms in total. The van der Waals surface area contributed by atoms with Crippen LogP contribution in [0.2, 0.25) is 0 Å². The van der Waals surface area contributed by atoms with Crippen LogP contribution in [0.25, 0.3) is 11.0 Å². The molecule has 3 aromatic heterocycles. The first-order valence-electron chi connectivity index (χ1n) is 7.71. The standard InChI is InChI=1S/C17H16N6O/c18-16(11-4-2-1-3-5-11)17-22-15(24-23-17)7-6-14-20-12-8-9-19-10-13(12)21-14/h1-5,8-10,16H,6-7,18H2,(H,20,21). The Balaban J connectivity index is 1.45. The summed E-state index contributed by atoms with van der Waals surface area (Å²) in [4.78, 5) is 16.2. The van der Waals surface area contributed by atoms with E-state index in [1.165, 1.54) is 0 Å². The van der Waals surface area contributed by atoms with Gasteiger partial charge in [-0.05, 0) is 11.6 Å². The van der Waals surface area contributed by atoms with Crippen molar-refractivity contribution in [3.63, 3.8) is 0 Å². The minimum Gasteiger partial charge on any atom is -0.341 e. The number of nitrogens with one attached hydrogen (secondary N) is 1. The van der Waals surface area contributed by atoms with Gasteiger partial charge in [0.05, 0.1) is 23.3 Å². The third kappa shape index (κ3) is 2.89. The second-order valence-electron chi connectivity index (χ2n) is 5.51. The fraction of sp³-hybridized carbons (Fsp3) is 0.176. The zero-order valence-corrected chi connectivity index (χ0v) is 12.9. The van der Waals surface area contributed by atoms with Crippen molar-refractivity contribution >= 4 is 11.0 Å². The van der Waals surface area contributed by atoms with E-state index in [0.717, 1.165) is 22.4 Å². The van der Waals surface area contributed by atoms with Crippen LogP contribution < -0.4 is 5.73 Å². The number of aromatic amines is 1. The lowest BCUT2D eigenvalue weighted by Crippen LogP contribution is -2.13. The van der Waals surface area contributed by atoms with E-state index >= 15 is 0 Å². The van der Waals surface area contributed by atoms with Crippen LogP contribution in [0.15, 0.2) is 53.3 Å². The number of rotatable bonds is 5. The van der Waals surface area contributed by atoms with E-state index in [9.17, 15) is 0 Å². The number of hydrogen-bond acceptors (Lipinski definition) is 6. The van der Waals surface area contributed by atoms with Gasteiger partial charge in [0.2, 0.25) is 5.89 Å². The highest BCUT2D eigenvalue weighted by Crippen LogP contribution is 2.17. The van der Waals surface area contributed by atoms with E-state index in [2.05, 4.69) is 25.1 Å². The van der Waals surface area contributed by atoms with E-state index in [4.69, 9.17) is 10.3 Å². The molecule has 0 saturated carbocycles. The molecule has 0 amide bonds. The van der Waals surface area contributed by atoms with Crippen molar-refractivity contribution in [2.24, 2.45) is 5.73 Å². The number of aryl methyl sites for hydroxylation is 2. The van der Waals surface area contributed by atoms with Crippen LogP contribution in [-0.2, 0) is 12.8 Å². The Morgan fingerprint density at radius 3 is 2.79 bits per heavy atom. The Labute approximate surface area is 137 Å². The predicted molar refractivity (Wildman–Crippen MR) is 88.1 cm³/mol. The fourth-order valence-electron chi connectivity index (χ4n) is 2.56. The summed E-state index contributed by atoms with van der Waals surface area (Å²) in [5, 5.41) is 4.00. The first-order valence-corrected chi connectivity index (χ1v) is 7.71. The number of nitrogens with two attached hydrogens (primary N) is 1. The van der Waals surface area contributed by atoms with Crippen LogP contribution in [0.3, 0.4) is 0 Å². The largest absolute Gasteiger partial charge is 0.341 e. The number of aromatic nitrogens is 5. The van der Waals surface area contributed by atoms with E-state index in [1.807, 2.05) is 36.4 Å². The number of benzene rings is 1. The predicted octanol–water partition coefficient (Wildman–Crippen LogP) is 2.17. The van der Waals surface area contributed by atoms with Gasteiger partial charge in [0.15, 0.2) is 5.82 Å². The number of imidazole rings is 1. The van der Waals surface area contributed by atoms with E-state index in [1.54, 1.807) is 12.4 Å². The van der Waals surface area contributed by atoms with Crippen LogP contribution in [-0.4, -0.2) is 25.1 Å². The summed E-state index contributed by atoms with van der Waals surface area (Å²) in [5.74, 6) is 1.91. The lowest BCUT2D eigenvalue weighted by molar-refractivity contribution is 0.371. The van der Waals surface area contributed by atoms with Gasteiger partial charge in [-0.1, -0.05) is 35.5 Å². The molecular weight excluding hydrogens is 304 g/mol. The summed E-state index contributed by atoms with van der Waals surface area (Å²) >= 11 is 0. The molecule has 0 spiro atoms. The van der Waals surface area contributed by atoms with Crippen LogP contribution in [0.4, 0.5) is 0 Å². The quantitative estimate of drug-likeness (QED) is 0.583. The summed E-state index contributed by atoms with van der Waals surface area (Å²) in [7, 11) is 0. The van der Waals surface area contributed by atoms with Gasteiger partial charge < -0.3 is 15.2 Å². The van der Waals surface area contributed by atoms with Crippen LogP contribution in [0.1, 0.15) is 29.1 Å². The zero-order chi connectivity index (χ0) is 16.4. The summed E-state index contributed by atoms with van der Waals surface area (Å²) < 4.78 is 5.31. The van der Waals surface area contributed by atoms with Gasteiger partial charge in [-0.25, -0.2) is 4.98 Å². The molecule has 0 saturated heterocycles. The van der Waals surface area contributed by atoms with Gasteiger partial charge >= 0.3 is 0 Å². The minimum absolute atomic E-state index is 0.388. The van der Waals surface area contributed by atoms with Crippen molar-refractivity contribution in [3.05, 3.63) is 71.9 Å². The maximum Gasteiger partial charge on any atom is 0.227 e. The van der Waals surface area contributed by atoms with Crippen LogP contribution >= 0.6 is 0 Å². The molecule has 120 valence electrons. The fourth-order valence-corrected chi connectivity index (χ4v) is 2.56. The van der Waals surface area contributed by atoms with Crippen LogP contribution in [0.5, 0.6) is 0 Å². The number of fused-ring (bicyclic) bond motifs is 1. The summed E-state index contributed by atoms with van der Waals surface area (Å²) in [5.41, 5.74) is 8.95. The van der Waals surface area contributed by atoms with E-state index < -0.39 is 0 Å². The van der Waals surface area contributed by atoms with Gasteiger partial charge in [0.25, 0.3) is 0 Å². The average molecular weight is 320 g/mol. The third-order valence-corrected chi connectivity index (χ3v) is 3.83. The van der Waals surface area contributed by atoms with Crippen molar-refractivity contribution in [2.75, 3.05) is 0 Å². The number of pyridine rings is 1. The maximum atomic E-state index is 6.18. The first-order chi connectivity index (χ1) is 11.8. The SMILES string of the molecule is NC(c1ccccc1)c1noc(CCc2nc3ccncc3[nH]2)n1. The molecule has 1 unspecified atom stereocenters. The third-order valence-electron chi connectivity index (χ3n) is 3.83.